The van der Waals surface area contributed by atoms with Gasteiger partial charge in [0, 0.05) is 22.5 Å². The minimum absolute atomic E-state index is 0.966. The van der Waals surface area contributed by atoms with E-state index >= 15 is 0 Å². The van der Waals surface area contributed by atoms with Gasteiger partial charge in [-0.25, -0.2) is 0 Å². The Hall–Kier alpha value is -2.02. The van der Waals surface area contributed by atoms with E-state index in [0.717, 1.165) is 28.1 Å². The van der Waals surface area contributed by atoms with Gasteiger partial charge in [0.1, 0.15) is 0 Å². The third-order valence-electron chi connectivity index (χ3n) is 2.55. The van der Waals surface area contributed by atoms with Crippen molar-refractivity contribution in [2.45, 2.75) is 0 Å². The molecule has 1 heterocycles. The van der Waals surface area contributed by atoms with E-state index in [2.05, 4.69) is 25.1 Å². The van der Waals surface area contributed by atoms with Crippen LogP contribution >= 0.6 is 0 Å². The van der Waals surface area contributed by atoms with Crippen LogP contribution in [0.5, 0.6) is 0 Å². The van der Waals surface area contributed by atoms with Crippen molar-refractivity contribution in [3.63, 3.8) is 0 Å². The topological polar surface area (TPSA) is 12.0 Å². The molecule has 0 bridgehead atoms. The lowest BCUT2D eigenvalue weighted by Crippen LogP contribution is -2.09. The summed E-state index contributed by atoms with van der Waals surface area (Å²) < 4.78 is 0. The van der Waals surface area contributed by atoms with E-state index in [1.165, 1.54) is 0 Å². The fraction of sp³-hybridized carbons (Fsp3) is 0. The van der Waals surface area contributed by atoms with Crippen LogP contribution in [0.3, 0.4) is 0 Å². The summed E-state index contributed by atoms with van der Waals surface area (Å²) >= 11 is 0. The maximum atomic E-state index is 4.09. The molecule has 1 nitrogen and oxygen atoms in total. The second-order valence-corrected chi connectivity index (χ2v) is 3.38. The normalized spacial score (nSPS) is 14.3. The molecule has 2 rings (SSSR count). The number of nitrogens with one attached hydrogen (secondary N) is 1. The second-order valence-electron chi connectivity index (χ2n) is 3.38. The van der Waals surface area contributed by atoms with E-state index in [-0.39, 0.29) is 0 Å². The van der Waals surface area contributed by atoms with Crippen LogP contribution in [-0.2, 0) is 0 Å². The van der Waals surface area contributed by atoms with Crippen molar-refractivity contribution in [1.82, 2.24) is 0 Å². The number of allylic oxidation sites excluding steroid dienone is 4. The number of hydrogen-bond acceptors (Lipinski definition) is 1. The molecular formula is C14H13N. The molecule has 0 fully saturated rings. The molecule has 0 aromatic heterocycles. The first-order chi connectivity index (χ1) is 7.27. The van der Waals surface area contributed by atoms with E-state index in [1.54, 1.807) is 6.08 Å². The van der Waals surface area contributed by atoms with Crippen LogP contribution in [0.25, 0.3) is 5.57 Å². The largest absolute Gasteiger partial charge is 0.355 e. The smallest absolute Gasteiger partial charge is 0.0464 e. The van der Waals surface area contributed by atoms with Crippen LogP contribution in [0.1, 0.15) is 5.56 Å². The predicted octanol–water partition coefficient (Wildman–Crippen LogP) is 3.75. The van der Waals surface area contributed by atoms with Gasteiger partial charge in [0.05, 0.1) is 0 Å². The number of benzene rings is 1. The Bertz CT molecular complexity index is 478. The summed E-state index contributed by atoms with van der Waals surface area (Å²) in [5.41, 5.74) is 5.17. The molecular weight excluding hydrogens is 182 g/mol. The Kier molecular flexibility index (Phi) is 2.30. The summed E-state index contributed by atoms with van der Waals surface area (Å²) in [7, 11) is 0. The number of anilines is 1. The lowest BCUT2D eigenvalue weighted by atomic mass is 9.93. The van der Waals surface area contributed by atoms with E-state index in [9.17, 15) is 0 Å². The van der Waals surface area contributed by atoms with Gasteiger partial charge in [-0.1, -0.05) is 44.0 Å². The highest BCUT2D eigenvalue weighted by molar-refractivity contribution is 5.91. The van der Waals surface area contributed by atoms with Gasteiger partial charge in [-0.15, -0.1) is 0 Å². The molecule has 0 amide bonds. The zero-order valence-electron chi connectivity index (χ0n) is 8.59. The molecule has 74 valence electrons. The maximum absolute atomic E-state index is 4.09. The maximum Gasteiger partial charge on any atom is 0.0464 e. The highest BCUT2D eigenvalue weighted by Gasteiger charge is 2.16. The number of hydrogen-bond donors (Lipinski definition) is 1. The van der Waals surface area contributed by atoms with Gasteiger partial charge in [-0.05, 0) is 17.7 Å². The van der Waals surface area contributed by atoms with Crippen LogP contribution in [-0.4, -0.2) is 0 Å². The Labute approximate surface area is 90.1 Å². The standard InChI is InChI=1S/C14H13N/c1-4-11-10(3)12-8-6-7-9-14(12)15-13(11)5-2/h4-9,15H,1-3H2. The summed E-state index contributed by atoms with van der Waals surface area (Å²) in [6.07, 6.45) is 3.60. The molecule has 0 saturated heterocycles. The van der Waals surface area contributed by atoms with Crippen molar-refractivity contribution in [2.75, 3.05) is 5.32 Å². The molecule has 0 aliphatic carbocycles. The van der Waals surface area contributed by atoms with Crippen molar-refractivity contribution in [1.29, 1.82) is 0 Å². The quantitative estimate of drug-likeness (QED) is 0.757. The minimum atomic E-state index is 0.966. The Balaban J connectivity index is 2.61. The molecule has 0 spiro atoms. The van der Waals surface area contributed by atoms with Gasteiger partial charge in [-0.2, -0.15) is 0 Å². The summed E-state index contributed by atoms with van der Waals surface area (Å²) in [5.74, 6) is 0. The van der Waals surface area contributed by atoms with Gasteiger partial charge in [0.25, 0.3) is 0 Å². The molecule has 1 aliphatic rings. The van der Waals surface area contributed by atoms with Crippen molar-refractivity contribution < 1.29 is 0 Å². The molecule has 0 unspecified atom stereocenters. The van der Waals surface area contributed by atoms with E-state index in [1.807, 2.05) is 30.3 Å². The summed E-state index contributed by atoms with van der Waals surface area (Å²) in [6, 6.07) is 8.09. The molecule has 0 radical (unpaired) electrons. The fourth-order valence-corrected chi connectivity index (χ4v) is 1.77. The highest BCUT2D eigenvalue weighted by Crippen LogP contribution is 2.35. The van der Waals surface area contributed by atoms with Gasteiger partial charge in [0.2, 0.25) is 0 Å². The first kappa shape index (κ1) is 9.53. The average molecular weight is 195 g/mol. The first-order valence-corrected chi connectivity index (χ1v) is 4.82. The van der Waals surface area contributed by atoms with E-state index in [4.69, 9.17) is 0 Å². The molecule has 0 atom stereocenters. The number of rotatable bonds is 2. The fourth-order valence-electron chi connectivity index (χ4n) is 1.77. The van der Waals surface area contributed by atoms with Gasteiger partial charge in [0.15, 0.2) is 0 Å². The summed E-state index contributed by atoms with van der Waals surface area (Å²) in [6.45, 7) is 11.7. The molecule has 15 heavy (non-hydrogen) atoms. The number of fused-ring (bicyclic) bond motifs is 1. The Morgan fingerprint density at radius 1 is 1.07 bits per heavy atom. The lowest BCUT2D eigenvalue weighted by molar-refractivity contribution is 1.38. The molecule has 1 heteroatoms. The molecule has 1 aromatic rings. The Morgan fingerprint density at radius 3 is 2.47 bits per heavy atom. The third kappa shape index (κ3) is 1.42. The van der Waals surface area contributed by atoms with Gasteiger partial charge >= 0.3 is 0 Å². The second kappa shape index (κ2) is 3.62. The Morgan fingerprint density at radius 2 is 1.80 bits per heavy atom. The van der Waals surface area contributed by atoms with Crippen LogP contribution in [0.4, 0.5) is 5.69 Å². The third-order valence-corrected chi connectivity index (χ3v) is 2.55. The zero-order valence-corrected chi connectivity index (χ0v) is 8.59. The molecule has 1 aliphatic heterocycles. The molecule has 0 saturated carbocycles. The number of para-hydroxylation sites is 1. The van der Waals surface area contributed by atoms with E-state index < -0.39 is 0 Å². The van der Waals surface area contributed by atoms with Crippen molar-refractivity contribution in [3.05, 3.63) is 73.0 Å². The molecule has 1 N–H and O–H groups in total. The zero-order chi connectivity index (χ0) is 10.8. The van der Waals surface area contributed by atoms with Crippen molar-refractivity contribution in [2.24, 2.45) is 0 Å². The summed E-state index contributed by atoms with van der Waals surface area (Å²) in [5, 5.41) is 3.31. The van der Waals surface area contributed by atoms with Gasteiger partial charge in [-0.3, -0.25) is 0 Å². The lowest BCUT2D eigenvalue weighted by Gasteiger charge is -2.23. The van der Waals surface area contributed by atoms with Crippen LogP contribution < -0.4 is 5.32 Å². The van der Waals surface area contributed by atoms with Crippen molar-refractivity contribution >= 4 is 11.3 Å². The van der Waals surface area contributed by atoms with Crippen LogP contribution in [0.15, 0.2) is 67.4 Å². The SMILES string of the molecule is C=CC1=C(C=C)C(=C)c2ccccc2N1. The van der Waals surface area contributed by atoms with Crippen LogP contribution in [0.2, 0.25) is 0 Å². The predicted molar refractivity (Wildman–Crippen MR) is 66.5 cm³/mol. The summed E-state index contributed by atoms with van der Waals surface area (Å²) in [4.78, 5) is 0. The highest BCUT2D eigenvalue weighted by atomic mass is 14.9. The van der Waals surface area contributed by atoms with Crippen LogP contribution in [0, 0.1) is 0 Å². The van der Waals surface area contributed by atoms with E-state index in [0.29, 0.717) is 0 Å². The minimum Gasteiger partial charge on any atom is -0.355 e. The van der Waals surface area contributed by atoms with Crippen molar-refractivity contribution in [3.8, 4) is 0 Å². The molecule has 1 aromatic carbocycles. The van der Waals surface area contributed by atoms with Gasteiger partial charge < -0.3 is 5.32 Å². The first-order valence-electron chi connectivity index (χ1n) is 4.82. The average Bonchev–Trinajstić information content (AvgIpc) is 2.29. The monoisotopic (exact) mass is 195 g/mol.